The fourth-order valence-electron chi connectivity index (χ4n) is 1.33. The monoisotopic (exact) mass is 191 g/mol. The van der Waals surface area contributed by atoms with Gasteiger partial charge in [0.25, 0.3) is 0 Å². The van der Waals surface area contributed by atoms with E-state index < -0.39 is 0 Å². The van der Waals surface area contributed by atoms with E-state index in [0.717, 1.165) is 5.56 Å². The van der Waals surface area contributed by atoms with Crippen LogP contribution in [-0.4, -0.2) is 9.78 Å². The van der Waals surface area contributed by atoms with Gasteiger partial charge >= 0.3 is 0 Å². The number of aromatic nitrogens is 2. The Morgan fingerprint density at radius 3 is 2.79 bits per heavy atom. The van der Waals surface area contributed by atoms with Crippen molar-refractivity contribution >= 4 is 5.82 Å². The summed E-state index contributed by atoms with van der Waals surface area (Å²) in [5.41, 5.74) is 7.28. The zero-order valence-electron chi connectivity index (χ0n) is 7.74. The smallest absolute Gasteiger partial charge is 0.127 e. The van der Waals surface area contributed by atoms with Crippen LogP contribution in [0.1, 0.15) is 5.56 Å². The second-order valence-corrected chi connectivity index (χ2v) is 3.10. The van der Waals surface area contributed by atoms with Crippen molar-refractivity contribution in [2.24, 2.45) is 0 Å². The number of rotatable bonds is 1. The van der Waals surface area contributed by atoms with Crippen molar-refractivity contribution in [2.75, 3.05) is 5.73 Å². The summed E-state index contributed by atoms with van der Waals surface area (Å²) in [5.74, 6) is 0.208. The van der Waals surface area contributed by atoms with Gasteiger partial charge in [0.05, 0.1) is 11.9 Å². The summed E-state index contributed by atoms with van der Waals surface area (Å²) in [6, 6.07) is 6.20. The third-order valence-electron chi connectivity index (χ3n) is 2.07. The van der Waals surface area contributed by atoms with E-state index in [0.29, 0.717) is 11.5 Å². The van der Waals surface area contributed by atoms with Gasteiger partial charge in [-0.1, -0.05) is 6.07 Å². The Morgan fingerprint density at radius 1 is 1.36 bits per heavy atom. The number of nitrogens with two attached hydrogens (primary N) is 1. The molecule has 4 heteroatoms. The average Bonchev–Trinajstić information content (AvgIpc) is 2.56. The Bertz CT molecular complexity index is 462. The second-order valence-electron chi connectivity index (χ2n) is 3.10. The summed E-state index contributed by atoms with van der Waals surface area (Å²) in [6.45, 7) is 1.88. The number of anilines is 1. The van der Waals surface area contributed by atoms with Crippen molar-refractivity contribution in [3.05, 3.63) is 41.8 Å². The number of nitrogen functional groups attached to an aromatic ring is 1. The molecule has 0 amide bonds. The van der Waals surface area contributed by atoms with Gasteiger partial charge in [-0.05, 0) is 24.6 Å². The molecule has 0 fully saturated rings. The molecule has 0 radical (unpaired) electrons. The predicted molar refractivity (Wildman–Crippen MR) is 52.7 cm³/mol. The molecule has 1 aromatic heterocycles. The van der Waals surface area contributed by atoms with E-state index in [2.05, 4.69) is 5.10 Å². The molecular formula is C10H10FN3. The minimum atomic E-state index is -0.291. The number of nitrogens with zero attached hydrogens (tertiary/aromatic N) is 2. The molecule has 72 valence electrons. The highest BCUT2D eigenvalue weighted by Gasteiger charge is 2.05. The maximum absolute atomic E-state index is 13.0. The lowest BCUT2D eigenvalue weighted by atomic mass is 10.2. The third-order valence-corrected chi connectivity index (χ3v) is 2.07. The molecule has 1 heterocycles. The molecule has 0 saturated heterocycles. The quantitative estimate of drug-likeness (QED) is 0.748. The van der Waals surface area contributed by atoms with E-state index in [-0.39, 0.29) is 5.82 Å². The molecule has 2 aromatic rings. The molecule has 3 nitrogen and oxygen atoms in total. The Kier molecular flexibility index (Phi) is 1.96. The molecule has 2 rings (SSSR count). The lowest BCUT2D eigenvalue weighted by molar-refractivity contribution is 0.625. The molecule has 0 spiro atoms. The van der Waals surface area contributed by atoms with Gasteiger partial charge in [-0.25, -0.2) is 9.07 Å². The van der Waals surface area contributed by atoms with Gasteiger partial charge in [0.1, 0.15) is 11.6 Å². The van der Waals surface area contributed by atoms with E-state index in [1.165, 1.54) is 16.8 Å². The van der Waals surface area contributed by atoms with Crippen LogP contribution >= 0.6 is 0 Å². The van der Waals surface area contributed by atoms with Crippen LogP contribution in [0.4, 0.5) is 10.2 Å². The number of hydrogen-bond acceptors (Lipinski definition) is 2. The highest BCUT2D eigenvalue weighted by molar-refractivity contribution is 5.46. The van der Waals surface area contributed by atoms with Crippen molar-refractivity contribution in [3.8, 4) is 5.69 Å². The summed E-state index contributed by atoms with van der Waals surface area (Å²) in [5, 5.41) is 4.01. The Hall–Kier alpha value is -1.84. The van der Waals surface area contributed by atoms with E-state index in [4.69, 9.17) is 5.73 Å². The molecular weight excluding hydrogens is 181 g/mol. The topological polar surface area (TPSA) is 43.8 Å². The van der Waals surface area contributed by atoms with Crippen molar-refractivity contribution in [1.29, 1.82) is 0 Å². The Morgan fingerprint density at radius 2 is 2.14 bits per heavy atom. The first kappa shape index (κ1) is 8.74. The zero-order chi connectivity index (χ0) is 10.1. The molecule has 0 aliphatic rings. The van der Waals surface area contributed by atoms with Crippen LogP contribution in [-0.2, 0) is 0 Å². The highest BCUT2D eigenvalue weighted by Crippen LogP contribution is 2.17. The van der Waals surface area contributed by atoms with Crippen LogP contribution in [0.15, 0.2) is 30.5 Å². The number of hydrogen-bond donors (Lipinski definition) is 1. The van der Waals surface area contributed by atoms with E-state index in [1.807, 2.05) is 6.92 Å². The van der Waals surface area contributed by atoms with Gasteiger partial charge in [0, 0.05) is 6.07 Å². The molecule has 2 N–H and O–H groups in total. The lowest BCUT2D eigenvalue weighted by Crippen LogP contribution is -2.03. The first-order valence-electron chi connectivity index (χ1n) is 4.24. The van der Waals surface area contributed by atoms with Gasteiger partial charge in [-0.3, -0.25) is 0 Å². The van der Waals surface area contributed by atoms with Crippen molar-refractivity contribution in [1.82, 2.24) is 9.78 Å². The normalized spacial score (nSPS) is 10.4. The minimum Gasteiger partial charge on any atom is -0.384 e. The van der Waals surface area contributed by atoms with Crippen molar-refractivity contribution in [3.63, 3.8) is 0 Å². The van der Waals surface area contributed by atoms with Crippen LogP contribution < -0.4 is 5.73 Å². The van der Waals surface area contributed by atoms with Gasteiger partial charge < -0.3 is 5.73 Å². The fraction of sp³-hybridized carbons (Fsp3) is 0.100. The molecule has 1 aromatic carbocycles. The van der Waals surface area contributed by atoms with Crippen LogP contribution in [0, 0.1) is 12.7 Å². The molecule has 0 aliphatic carbocycles. The van der Waals surface area contributed by atoms with Crippen LogP contribution in [0.3, 0.4) is 0 Å². The summed E-state index contributed by atoms with van der Waals surface area (Å²) in [6.07, 6.45) is 1.58. The first-order chi connectivity index (χ1) is 6.68. The number of halogens is 1. The largest absolute Gasteiger partial charge is 0.384 e. The summed E-state index contributed by atoms with van der Waals surface area (Å²) < 4.78 is 14.5. The summed E-state index contributed by atoms with van der Waals surface area (Å²) in [7, 11) is 0. The predicted octanol–water partition coefficient (Wildman–Crippen LogP) is 1.90. The van der Waals surface area contributed by atoms with Crippen molar-refractivity contribution < 1.29 is 4.39 Å². The zero-order valence-corrected chi connectivity index (χ0v) is 7.74. The molecule has 14 heavy (non-hydrogen) atoms. The van der Waals surface area contributed by atoms with Crippen LogP contribution in [0.5, 0.6) is 0 Å². The standard InChI is InChI=1S/C10H10FN3/c1-7-2-3-8(11)6-9(7)14-10(12)4-5-13-14/h2-6H,12H2,1H3. The third kappa shape index (κ3) is 1.35. The fourth-order valence-corrected chi connectivity index (χ4v) is 1.33. The SMILES string of the molecule is Cc1ccc(F)cc1-n1nccc1N. The second kappa shape index (κ2) is 3.14. The summed E-state index contributed by atoms with van der Waals surface area (Å²) in [4.78, 5) is 0. The maximum Gasteiger partial charge on any atom is 0.127 e. The number of aryl methyl sites for hydroxylation is 1. The Balaban J connectivity index is 2.62. The van der Waals surface area contributed by atoms with Gasteiger partial charge in [0.15, 0.2) is 0 Å². The summed E-state index contributed by atoms with van der Waals surface area (Å²) >= 11 is 0. The Labute approximate surface area is 81.0 Å². The average molecular weight is 191 g/mol. The van der Waals surface area contributed by atoms with Crippen LogP contribution in [0.25, 0.3) is 5.69 Å². The van der Waals surface area contributed by atoms with Gasteiger partial charge in [0.2, 0.25) is 0 Å². The van der Waals surface area contributed by atoms with Crippen LogP contribution in [0.2, 0.25) is 0 Å². The van der Waals surface area contributed by atoms with E-state index in [1.54, 1.807) is 18.3 Å². The molecule has 0 bridgehead atoms. The first-order valence-corrected chi connectivity index (χ1v) is 4.24. The van der Waals surface area contributed by atoms with Gasteiger partial charge in [-0.2, -0.15) is 5.10 Å². The van der Waals surface area contributed by atoms with Crippen molar-refractivity contribution in [2.45, 2.75) is 6.92 Å². The molecule has 0 atom stereocenters. The van der Waals surface area contributed by atoms with E-state index >= 15 is 0 Å². The van der Waals surface area contributed by atoms with E-state index in [9.17, 15) is 4.39 Å². The highest BCUT2D eigenvalue weighted by atomic mass is 19.1. The minimum absolute atomic E-state index is 0.291. The van der Waals surface area contributed by atoms with Gasteiger partial charge in [-0.15, -0.1) is 0 Å². The lowest BCUT2D eigenvalue weighted by Gasteiger charge is -2.07. The molecule has 0 saturated carbocycles. The molecule has 0 aliphatic heterocycles. The number of benzene rings is 1. The maximum atomic E-state index is 13.0. The molecule has 0 unspecified atom stereocenters.